The number of nitrogens with zero attached hydrogens (tertiary/aromatic N) is 2. The van der Waals surface area contributed by atoms with Crippen molar-refractivity contribution >= 4 is 46.8 Å². The van der Waals surface area contributed by atoms with Crippen LogP contribution in [0.1, 0.15) is 43.0 Å². The maximum atomic E-state index is 13.1. The Morgan fingerprint density at radius 1 is 1.20 bits per heavy atom. The first-order valence-electron chi connectivity index (χ1n) is 8.65. The van der Waals surface area contributed by atoms with E-state index < -0.39 is 0 Å². The number of carbonyl (C=O) groups excluding carboxylic acids is 2. The van der Waals surface area contributed by atoms with Crippen molar-refractivity contribution in [2.45, 2.75) is 37.5 Å². The Labute approximate surface area is 162 Å². The van der Waals surface area contributed by atoms with Crippen LogP contribution in [0.15, 0.2) is 18.2 Å². The van der Waals surface area contributed by atoms with E-state index in [0.717, 1.165) is 25.0 Å². The fourth-order valence-electron chi connectivity index (χ4n) is 3.60. The lowest BCUT2D eigenvalue weighted by Crippen LogP contribution is -2.53. The highest BCUT2D eigenvalue weighted by atomic mass is 35.5. The molecule has 1 spiro atoms. The molecule has 0 saturated carbocycles. The number of amides is 2. The van der Waals surface area contributed by atoms with Gasteiger partial charge in [-0.15, -0.1) is 11.8 Å². The summed E-state index contributed by atoms with van der Waals surface area (Å²) in [5.41, 5.74) is 0.498. The molecule has 2 fully saturated rings. The van der Waals surface area contributed by atoms with Gasteiger partial charge in [0.25, 0.3) is 5.91 Å². The molecule has 2 aliphatic rings. The Bertz CT molecular complexity index is 675. The SMILES string of the molecule is CCCC(=O)N1CCC2(CC1)SCCN2C(=O)c1ccc(Cl)cc1Cl. The van der Waals surface area contributed by atoms with Crippen molar-refractivity contribution in [2.24, 2.45) is 0 Å². The standard InChI is InChI=1S/C18H22Cl2N2O2S/c1-2-3-16(23)21-8-6-18(7-9-21)22(10-11-25-18)17(24)14-5-4-13(19)12-15(14)20/h4-5,12H,2-3,6-11H2,1H3. The van der Waals surface area contributed by atoms with Gasteiger partial charge in [-0.3, -0.25) is 9.59 Å². The summed E-state index contributed by atoms with van der Waals surface area (Å²) in [5.74, 6) is 1.10. The van der Waals surface area contributed by atoms with Crippen LogP contribution in [-0.2, 0) is 4.79 Å². The minimum atomic E-state index is -0.219. The monoisotopic (exact) mass is 400 g/mol. The second-order valence-corrected chi connectivity index (χ2v) is 8.81. The molecule has 25 heavy (non-hydrogen) atoms. The number of likely N-dealkylation sites (tertiary alicyclic amines) is 1. The maximum Gasteiger partial charge on any atom is 0.256 e. The van der Waals surface area contributed by atoms with Gasteiger partial charge in [-0.2, -0.15) is 0 Å². The van der Waals surface area contributed by atoms with Crippen LogP contribution in [0.5, 0.6) is 0 Å². The van der Waals surface area contributed by atoms with E-state index in [1.54, 1.807) is 18.2 Å². The molecule has 0 radical (unpaired) electrons. The number of piperidine rings is 1. The van der Waals surface area contributed by atoms with E-state index >= 15 is 0 Å². The van der Waals surface area contributed by atoms with Gasteiger partial charge in [0.1, 0.15) is 0 Å². The first-order chi connectivity index (χ1) is 12.0. The molecule has 2 amide bonds. The van der Waals surface area contributed by atoms with Crippen molar-refractivity contribution in [1.82, 2.24) is 9.80 Å². The van der Waals surface area contributed by atoms with E-state index in [1.807, 2.05) is 28.5 Å². The quantitative estimate of drug-likeness (QED) is 0.758. The molecular weight excluding hydrogens is 379 g/mol. The van der Waals surface area contributed by atoms with E-state index in [-0.39, 0.29) is 16.7 Å². The summed E-state index contributed by atoms with van der Waals surface area (Å²) in [6, 6.07) is 5.00. The van der Waals surface area contributed by atoms with Gasteiger partial charge < -0.3 is 9.80 Å². The lowest BCUT2D eigenvalue weighted by molar-refractivity contribution is -0.132. The topological polar surface area (TPSA) is 40.6 Å². The first kappa shape index (κ1) is 18.9. The van der Waals surface area contributed by atoms with Gasteiger partial charge in [0, 0.05) is 36.8 Å². The molecule has 0 unspecified atom stereocenters. The first-order valence-corrected chi connectivity index (χ1v) is 10.4. The normalized spacial score (nSPS) is 19.5. The van der Waals surface area contributed by atoms with Crippen LogP contribution in [0.4, 0.5) is 0 Å². The van der Waals surface area contributed by atoms with Crippen LogP contribution >= 0.6 is 35.0 Å². The molecule has 2 aliphatic heterocycles. The van der Waals surface area contributed by atoms with Crippen molar-refractivity contribution in [3.8, 4) is 0 Å². The second-order valence-electron chi connectivity index (χ2n) is 6.51. The highest BCUT2D eigenvalue weighted by Crippen LogP contribution is 2.45. The number of hydrogen-bond donors (Lipinski definition) is 0. The Morgan fingerprint density at radius 3 is 2.56 bits per heavy atom. The van der Waals surface area contributed by atoms with Crippen LogP contribution < -0.4 is 0 Å². The number of carbonyl (C=O) groups is 2. The lowest BCUT2D eigenvalue weighted by atomic mass is 10.0. The van der Waals surface area contributed by atoms with Gasteiger partial charge in [0.05, 0.1) is 15.5 Å². The number of halogens is 2. The highest BCUT2D eigenvalue weighted by molar-refractivity contribution is 8.00. The fraction of sp³-hybridized carbons (Fsp3) is 0.556. The predicted molar refractivity (Wildman–Crippen MR) is 103 cm³/mol. The zero-order valence-corrected chi connectivity index (χ0v) is 16.6. The van der Waals surface area contributed by atoms with Crippen LogP contribution in [0.2, 0.25) is 10.0 Å². The average Bonchev–Trinajstić information content (AvgIpc) is 2.98. The zero-order valence-electron chi connectivity index (χ0n) is 14.3. The summed E-state index contributed by atoms with van der Waals surface area (Å²) < 4.78 is 0. The van der Waals surface area contributed by atoms with Gasteiger partial charge in [-0.25, -0.2) is 0 Å². The molecule has 4 nitrogen and oxygen atoms in total. The molecule has 1 aromatic rings. The van der Waals surface area contributed by atoms with Crippen molar-refractivity contribution < 1.29 is 9.59 Å². The van der Waals surface area contributed by atoms with Crippen LogP contribution in [-0.4, -0.2) is 51.9 Å². The maximum absolute atomic E-state index is 13.1. The smallest absolute Gasteiger partial charge is 0.256 e. The van der Waals surface area contributed by atoms with Gasteiger partial charge in [0.2, 0.25) is 5.91 Å². The third-order valence-electron chi connectivity index (χ3n) is 4.95. The Morgan fingerprint density at radius 2 is 1.92 bits per heavy atom. The van der Waals surface area contributed by atoms with Crippen LogP contribution in [0.25, 0.3) is 0 Å². The third kappa shape index (κ3) is 3.79. The molecule has 2 saturated heterocycles. The predicted octanol–water partition coefficient (Wildman–Crippen LogP) is 4.30. The average molecular weight is 401 g/mol. The summed E-state index contributed by atoms with van der Waals surface area (Å²) >= 11 is 14.0. The number of benzene rings is 1. The Kier molecular flexibility index (Phi) is 5.86. The van der Waals surface area contributed by atoms with Gasteiger partial charge in [-0.1, -0.05) is 30.1 Å². The van der Waals surface area contributed by atoms with E-state index in [4.69, 9.17) is 23.2 Å². The second kappa shape index (κ2) is 7.77. The molecule has 7 heteroatoms. The fourth-order valence-corrected chi connectivity index (χ4v) is 5.54. The van der Waals surface area contributed by atoms with Gasteiger partial charge in [0.15, 0.2) is 0 Å². The summed E-state index contributed by atoms with van der Waals surface area (Å²) in [6.45, 7) is 4.16. The number of hydrogen-bond acceptors (Lipinski definition) is 3. The lowest BCUT2D eigenvalue weighted by Gasteiger charge is -2.44. The van der Waals surface area contributed by atoms with E-state index in [9.17, 15) is 9.59 Å². The highest BCUT2D eigenvalue weighted by Gasteiger charge is 2.47. The molecule has 0 N–H and O–H groups in total. The van der Waals surface area contributed by atoms with Crippen molar-refractivity contribution in [1.29, 1.82) is 0 Å². The van der Waals surface area contributed by atoms with Crippen molar-refractivity contribution in [2.75, 3.05) is 25.4 Å². The van der Waals surface area contributed by atoms with E-state index in [2.05, 4.69) is 0 Å². The van der Waals surface area contributed by atoms with Crippen LogP contribution in [0, 0.1) is 0 Å². The molecular formula is C18H22Cl2N2O2S. The molecule has 0 bridgehead atoms. The van der Waals surface area contributed by atoms with Crippen LogP contribution in [0.3, 0.4) is 0 Å². The molecule has 2 heterocycles. The Balaban J connectivity index is 1.75. The molecule has 136 valence electrons. The van der Waals surface area contributed by atoms with E-state index in [0.29, 0.717) is 41.7 Å². The Hall–Kier alpha value is -0.910. The summed E-state index contributed by atoms with van der Waals surface area (Å²) in [4.78, 5) is 28.9. The molecule has 3 rings (SSSR count). The van der Waals surface area contributed by atoms with Crippen molar-refractivity contribution in [3.63, 3.8) is 0 Å². The van der Waals surface area contributed by atoms with Gasteiger partial charge in [-0.05, 0) is 37.5 Å². The summed E-state index contributed by atoms with van der Waals surface area (Å²) in [5, 5.41) is 0.912. The minimum absolute atomic E-state index is 0.0417. The summed E-state index contributed by atoms with van der Waals surface area (Å²) in [6.07, 6.45) is 3.09. The summed E-state index contributed by atoms with van der Waals surface area (Å²) in [7, 11) is 0. The molecule has 1 aromatic carbocycles. The van der Waals surface area contributed by atoms with Crippen molar-refractivity contribution in [3.05, 3.63) is 33.8 Å². The number of thioether (sulfide) groups is 1. The largest absolute Gasteiger partial charge is 0.342 e. The number of rotatable bonds is 3. The molecule has 0 atom stereocenters. The molecule has 0 aromatic heterocycles. The third-order valence-corrected chi connectivity index (χ3v) is 7.05. The van der Waals surface area contributed by atoms with Gasteiger partial charge >= 0.3 is 0 Å². The van der Waals surface area contributed by atoms with E-state index in [1.165, 1.54) is 0 Å². The minimum Gasteiger partial charge on any atom is -0.342 e. The zero-order chi connectivity index (χ0) is 18.0. The molecule has 0 aliphatic carbocycles.